The Balaban J connectivity index is 1.65. The van der Waals surface area contributed by atoms with E-state index in [1.165, 1.54) is 82.6 Å². The van der Waals surface area contributed by atoms with E-state index in [0.717, 1.165) is 36.5 Å². The first-order valence-corrected chi connectivity index (χ1v) is 12.5. The van der Waals surface area contributed by atoms with Crippen LogP contribution in [0.5, 0.6) is 5.75 Å². The predicted octanol–water partition coefficient (Wildman–Crippen LogP) is 8.78. The molecule has 0 aliphatic rings. The molecule has 0 aliphatic heterocycles. The number of benzene rings is 1. The topological polar surface area (TPSA) is 22.1 Å². The lowest BCUT2D eigenvalue weighted by atomic mass is 10.1. The number of rotatable bonds is 17. The van der Waals surface area contributed by atoms with Crippen LogP contribution in [0.2, 0.25) is 0 Å². The lowest BCUT2D eigenvalue weighted by molar-refractivity contribution is 0.304. The monoisotopic (exact) mass is 409 g/mol. The van der Waals surface area contributed by atoms with Crippen LogP contribution >= 0.6 is 0 Å². The number of pyridine rings is 1. The first-order valence-electron chi connectivity index (χ1n) is 12.5. The summed E-state index contributed by atoms with van der Waals surface area (Å²) in [4.78, 5) is 4.68. The van der Waals surface area contributed by atoms with Gasteiger partial charge < -0.3 is 4.74 Å². The molecule has 166 valence electrons. The molecule has 2 rings (SSSR count). The molecule has 0 fully saturated rings. The van der Waals surface area contributed by atoms with Gasteiger partial charge in [-0.1, -0.05) is 90.5 Å². The van der Waals surface area contributed by atoms with Crippen molar-refractivity contribution >= 4 is 0 Å². The van der Waals surface area contributed by atoms with Crippen LogP contribution in [0.3, 0.4) is 0 Å². The molecule has 0 radical (unpaired) electrons. The third kappa shape index (κ3) is 10.3. The quantitative estimate of drug-likeness (QED) is 0.243. The fourth-order valence-corrected chi connectivity index (χ4v) is 3.82. The molecule has 0 bridgehead atoms. The van der Waals surface area contributed by atoms with Crippen molar-refractivity contribution in [3.05, 3.63) is 48.2 Å². The van der Waals surface area contributed by atoms with Gasteiger partial charge in [0, 0.05) is 11.8 Å². The van der Waals surface area contributed by atoms with E-state index in [4.69, 9.17) is 4.74 Å². The Morgan fingerprint density at radius 2 is 1.23 bits per heavy atom. The lowest BCUT2D eigenvalue weighted by Gasteiger charge is -2.08. The fourth-order valence-electron chi connectivity index (χ4n) is 3.82. The molecule has 1 heterocycles. The SMILES string of the molecule is CCCCCCCCCOc1ccc(-c2ccc(CCCCCCCC)cn2)cc1. The minimum Gasteiger partial charge on any atom is -0.494 e. The third-order valence-corrected chi connectivity index (χ3v) is 5.81. The summed E-state index contributed by atoms with van der Waals surface area (Å²) in [5.74, 6) is 0.962. The normalized spacial score (nSPS) is 11.0. The molecule has 0 spiro atoms. The first-order chi connectivity index (χ1) is 14.8. The molecule has 1 aromatic carbocycles. The average Bonchev–Trinajstić information content (AvgIpc) is 2.79. The van der Waals surface area contributed by atoms with Gasteiger partial charge in [-0.15, -0.1) is 0 Å². The zero-order valence-electron chi connectivity index (χ0n) is 19.5. The highest BCUT2D eigenvalue weighted by Gasteiger charge is 2.02. The van der Waals surface area contributed by atoms with Gasteiger partial charge in [-0.3, -0.25) is 4.98 Å². The second kappa shape index (κ2) is 15.9. The van der Waals surface area contributed by atoms with Gasteiger partial charge in [-0.25, -0.2) is 0 Å². The number of nitrogens with zero attached hydrogens (tertiary/aromatic N) is 1. The van der Waals surface area contributed by atoms with Gasteiger partial charge in [0.2, 0.25) is 0 Å². The molecule has 30 heavy (non-hydrogen) atoms. The number of aryl methyl sites for hydroxylation is 1. The standard InChI is InChI=1S/C28H43NO/c1-3-5-7-9-11-13-15-23-30-27-20-18-26(19-21-27)28-22-17-25(24-29-28)16-14-12-10-8-6-4-2/h17-22,24H,3-16,23H2,1-2H3. The van der Waals surface area contributed by atoms with E-state index in [1.807, 2.05) is 6.20 Å². The molecular formula is C28H43NO. The summed E-state index contributed by atoms with van der Waals surface area (Å²) in [6, 6.07) is 12.8. The van der Waals surface area contributed by atoms with Crippen LogP contribution < -0.4 is 4.74 Å². The minimum atomic E-state index is 0.818. The maximum absolute atomic E-state index is 5.90. The van der Waals surface area contributed by atoms with Crippen LogP contribution in [-0.4, -0.2) is 11.6 Å². The molecule has 0 unspecified atom stereocenters. The van der Waals surface area contributed by atoms with Gasteiger partial charge in [0.05, 0.1) is 12.3 Å². The van der Waals surface area contributed by atoms with Gasteiger partial charge >= 0.3 is 0 Å². The van der Waals surface area contributed by atoms with Crippen molar-refractivity contribution in [2.45, 2.75) is 104 Å². The lowest BCUT2D eigenvalue weighted by Crippen LogP contribution is -1.97. The van der Waals surface area contributed by atoms with Crippen LogP contribution in [0.15, 0.2) is 42.6 Å². The molecule has 2 nitrogen and oxygen atoms in total. The Hall–Kier alpha value is -1.83. The van der Waals surface area contributed by atoms with Crippen LogP contribution in [0.4, 0.5) is 0 Å². The average molecular weight is 410 g/mol. The van der Waals surface area contributed by atoms with Gasteiger partial charge in [-0.05, 0) is 55.2 Å². The third-order valence-electron chi connectivity index (χ3n) is 5.81. The summed E-state index contributed by atoms with van der Waals surface area (Å²) in [6.07, 6.45) is 20.4. The highest BCUT2D eigenvalue weighted by Crippen LogP contribution is 2.22. The zero-order chi connectivity index (χ0) is 21.3. The highest BCUT2D eigenvalue weighted by molar-refractivity contribution is 5.60. The van der Waals surface area contributed by atoms with E-state index in [-0.39, 0.29) is 0 Å². The zero-order valence-corrected chi connectivity index (χ0v) is 19.5. The number of aromatic nitrogens is 1. The van der Waals surface area contributed by atoms with E-state index >= 15 is 0 Å². The highest BCUT2D eigenvalue weighted by atomic mass is 16.5. The Morgan fingerprint density at radius 1 is 0.633 bits per heavy atom. The van der Waals surface area contributed by atoms with Gasteiger partial charge in [0.15, 0.2) is 0 Å². The van der Waals surface area contributed by atoms with Crippen molar-refractivity contribution in [3.8, 4) is 17.0 Å². The number of ether oxygens (including phenoxy) is 1. The Labute approximate surface area is 185 Å². The van der Waals surface area contributed by atoms with Crippen molar-refractivity contribution < 1.29 is 4.74 Å². The molecule has 0 aliphatic carbocycles. The van der Waals surface area contributed by atoms with Crippen molar-refractivity contribution in [1.82, 2.24) is 4.98 Å². The minimum absolute atomic E-state index is 0.818. The van der Waals surface area contributed by atoms with E-state index in [2.05, 4.69) is 55.2 Å². The van der Waals surface area contributed by atoms with E-state index in [0.29, 0.717) is 0 Å². The molecule has 0 saturated carbocycles. The molecule has 0 N–H and O–H groups in total. The van der Waals surface area contributed by atoms with Crippen molar-refractivity contribution in [2.24, 2.45) is 0 Å². The summed E-state index contributed by atoms with van der Waals surface area (Å²) >= 11 is 0. The van der Waals surface area contributed by atoms with Gasteiger partial charge in [0.1, 0.15) is 5.75 Å². The summed E-state index contributed by atoms with van der Waals surface area (Å²) in [6.45, 7) is 5.35. The van der Waals surface area contributed by atoms with Crippen molar-refractivity contribution in [2.75, 3.05) is 6.61 Å². The van der Waals surface area contributed by atoms with Gasteiger partial charge in [0.25, 0.3) is 0 Å². The predicted molar refractivity (Wildman–Crippen MR) is 130 cm³/mol. The van der Waals surface area contributed by atoms with E-state index < -0.39 is 0 Å². The molecule has 0 amide bonds. The maximum Gasteiger partial charge on any atom is 0.119 e. The summed E-state index contributed by atoms with van der Waals surface area (Å²) in [5.41, 5.74) is 3.55. The number of hydrogen-bond acceptors (Lipinski definition) is 2. The second-order valence-corrected chi connectivity index (χ2v) is 8.56. The van der Waals surface area contributed by atoms with Crippen molar-refractivity contribution in [3.63, 3.8) is 0 Å². The summed E-state index contributed by atoms with van der Waals surface area (Å²) < 4.78 is 5.90. The van der Waals surface area contributed by atoms with Crippen LogP contribution in [0, 0.1) is 0 Å². The van der Waals surface area contributed by atoms with Crippen molar-refractivity contribution in [1.29, 1.82) is 0 Å². The van der Waals surface area contributed by atoms with Crippen LogP contribution in [0.1, 0.15) is 103 Å². The molecule has 2 aromatic rings. The number of unbranched alkanes of at least 4 members (excludes halogenated alkanes) is 11. The molecule has 0 atom stereocenters. The second-order valence-electron chi connectivity index (χ2n) is 8.56. The Morgan fingerprint density at radius 3 is 1.83 bits per heavy atom. The first kappa shape index (κ1) is 24.4. The van der Waals surface area contributed by atoms with E-state index in [9.17, 15) is 0 Å². The summed E-state index contributed by atoms with van der Waals surface area (Å²) in [7, 11) is 0. The van der Waals surface area contributed by atoms with Crippen LogP contribution in [-0.2, 0) is 6.42 Å². The Kier molecular flexibility index (Phi) is 13.0. The van der Waals surface area contributed by atoms with Gasteiger partial charge in [-0.2, -0.15) is 0 Å². The maximum atomic E-state index is 5.90. The molecular weight excluding hydrogens is 366 g/mol. The Bertz CT molecular complexity index is 647. The fraction of sp³-hybridized carbons (Fsp3) is 0.607. The molecule has 2 heteroatoms. The molecule has 1 aromatic heterocycles. The van der Waals surface area contributed by atoms with E-state index in [1.54, 1.807) is 0 Å². The smallest absolute Gasteiger partial charge is 0.119 e. The largest absolute Gasteiger partial charge is 0.494 e. The number of hydrogen-bond donors (Lipinski definition) is 0. The van der Waals surface area contributed by atoms with Crippen LogP contribution in [0.25, 0.3) is 11.3 Å². The molecule has 0 saturated heterocycles. The summed E-state index contributed by atoms with van der Waals surface area (Å²) in [5, 5.41) is 0.